The molecular weight excluding hydrogens is 333 g/mol. The molecule has 0 radical (unpaired) electrons. The van der Waals surface area contributed by atoms with Gasteiger partial charge in [-0.25, -0.2) is 18.2 Å². The van der Waals surface area contributed by atoms with Crippen molar-refractivity contribution in [1.29, 1.82) is 0 Å². The molecule has 2 aromatic rings. The fourth-order valence-corrected chi connectivity index (χ4v) is 2.06. The summed E-state index contributed by atoms with van der Waals surface area (Å²) in [5, 5.41) is 5.31. The molecule has 0 saturated heterocycles. The van der Waals surface area contributed by atoms with Crippen molar-refractivity contribution in [3.63, 3.8) is 0 Å². The lowest BCUT2D eigenvalue weighted by molar-refractivity contribution is 0.102. The van der Waals surface area contributed by atoms with Crippen molar-refractivity contribution in [1.82, 2.24) is 9.88 Å². The highest BCUT2D eigenvalue weighted by atomic mass is 19.2. The highest BCUT2D eigenvalue weighted by Crippen LogP contribution is 2.20. The second-order valence-electron chi connectivity index (χ2n) is 5.69. The van der Waals surface area contributed by atoms with Gasteiger partial charge in [-0.3, -0.25) is 4.79 Å². The summed E-state index contributed by atoms with van der Waals surface area (Å²) in [5.41, 5.74) is -0.266. The van der Waals surface area contributed by atoms with Gasteiger partial charge in [-0.2, -0.15) is 0 Å². The quantitative estimate of drug-likeness (QED) is 0.594. The van der Waals surface area contributed by atoms with E-state index in [1.165, 1.54) is 12.3 Å². The molecular formula is C17H19F3N4O. The average molecular weight is 352 g/mol. The minimum absolute atomic E-state index is 0.169. The predicted octanol–water partition coefficient (Wildman–Crippen LogP) is 3.11. The largest absolute Gasteiger partial charge is 0.370 e. The van der Waals surface area contributed by atoms with Gasteiger partial charge in [0.05, 0.1) is 11.3 Å². The van der Waals surface area contributed by atoms with E-state index >= 15 is 0 Å². The highest BCUT2D eigenvalue weighted by Gasteiger charge is 2.16. The third-order valence-corrected chi connectivity index (χ3v) is 3.40. The third-order valence-electron chi connectivity index (χ3n) is 3.40. The Bertz CT molecular complexity index is 735. The number of nitrogens with zero attached hydrogens (tertiary/aromatic N) is 2. The standard InChI is InChI=1S/C17H19F3N4O/c1-24(2)9-3-8-21-14-7-4-11(10-22-14)17(25)23-13-6-5-12(18)15(19)16(13)20/h4-7,10H,3,8-9H2,1-2H3,(H,21,22)(H,23,25). The molecule has 134 valence electrons. The molecule has 25 heavy (non-hydrogen) atoms. The van der Waals surface area contributed by atoms with Gasteiger partial charge in [0.1, 0.15) is 5.82 Å². The fourth-order valence-electron chi connectivity index (χ4n) is 2.06. The summed E-state index contributed by atoms with van der Waals surface area (Å²) < 4.78 is 39.6. The number of halogens is 3. The van der Waals surface area contributed by atoms with Gasteiger partial charge in [-0.05, 0) is 51.3 Å². The van der Waals surface area contributed by atoms with Gasteiger partial charge in [0.2, 0.25) is 0 Å². The van der Waals surface area contributed by atoms with Crippen molar-refractivity contribution in [2.45, 2.75) is 6.42 Å². The zero-order valence-corrected chi connectivity index (χ0v) is 13.9. The van der Waals surface area contributed by atoms with Crippen LogP contribution in [0, 0.1) is 17.5 Å². The summed E-state index contributed by atoms with van der Waals surface area (Å²) in [6, 6.07) is 4.83. The Labute approximate surface area is 143 Å². The van der Waals surface area contributed by atoms with Crippen LogP contribution in [0.2, 0.25) is 0 Å². The lowest BCUT2D eigenvalue weighted by Crippen LogP contribution is -2.17. The van der Waals surface area contributed by atoms with E-state index in [0.717, 1.165) is 31.6 Å². The fraction of sp³-hybridized carbons (Fsp3) is 0.294. The van der Waals surface area contributed by atoms with E-state index in [1.54, 1.807) is 6.07 Å². The van der Waals surface area contributed by atoms with Crippen molar-refractivity contribution in [3.8, 4) is 0 Å². The molecule has 2 N–H and O–H groups in total. The van der Waals surface area contributed by atoms with E-state index in [0.29, 0.717) is 5.82 Å². The minimum Gasteiger partial charge on any atom is -0.370 e. The Morgan fingerprint density at radius 1 is 1.12 bits per heavy atom. The highest BCUT2D eigenvalue weighted by molar-refractivity contribution is 6.04. The molecule has 0 atom stereocenters. The number of aromatic nitrogens is 1. The van der Waals surface area contributed by atoms with Crippen molar-refractivity contribution in [2.75, 3.05) is 37.8 Å². The van der Waals surface area contributed by atoms with Gasteiger partial charge in [0.25, 0.3) is 5.91 Å². The number of amides is 1. The predicted molar refractivity (Wildman–Crippen MR) is 90.2 cm³/mol. The zero-order valence-electron chi connectivity index (χ0n) is 13.9. The maximum Gasteiger partial charge on any atom is 0.257 e. The SMILES string of the molecule is CN(C)CCCNc1ccc(C(=O)Nc2ccc(F)c(F)c2F)cn1. The number of rotatable bonds is 7. The van der Waals surface area contributed by atoms with Crippen molar-refractivity contribution in [2.24, 2.45) is 0 Å². The smallest absolute Gasteiger partial charge is 0.257 e. The van der Waals surface area contributed by atoms with Gasteiger partial charge >= 0.3 is 0 Å². The Balaban J connectivity index is 1.95. The lowest BCUT2D eigenvalue weighted by Gasteiger charge is -2.10. The van der Waals surface area contributed by atoms with E-state index in [4.69, 9.17) is 0 Å². The molecule has 0 fully saturated rings. The zero-order chi connectivity index (χ0) is 18.4. The molecule has 1 heterocycles. The first-order valence-corrected chi connectivity index (χ1v) is 7.68. The summed E-state index contributed by atoms with van der Waals surface area (Å²) in [7, 11) is 3.98. The van der Waals surface area contributed by atoms with Crippen LogP contribution in [-0.4, -0.2) is 43.0 Å². The number of anilines is 2. The summed E-state index contributed by atoms with van der Waals surface area (Å²) in [6.07, 6.45) is 2.26. The summed E-state index contributed by atoms with van der Waals surface area (Å²) in [4.78, 5) is 18.2. The molecule has 8 heteroatoms. The Hall–Kier alpha value is -2.61. The number of nitrogens with one attached hydrogen (secondary N) is 2. The maximum absolute atomic E-state index is 13.6. The maximum atomic E-state index is 13.6. The molecule has 0 spiro atoms. The lowest BCUT2D eigenvalue weighted by atomic mass is 10.2. The number of carbonyl (C=O) groups excluding carboxylic acids is 1. The van der Waals surface area contributed by atoms with Gasteiger partial charge in [-0.15, -0.1) is 0 Å². The first-order valence-electron chi connectivity index (χ1n) is 7.68. The average Bonchev–Trinajstić information content (AvgIpc) is 2.59. The van der Waals surface area contributed by atoms with Crippen LogP contribution in [0.1, 0.15) is 16.8 Å². The molecule has 0 unspecified atom stereocenters. The van der Waals surface area contributed by atoms with Gasteiger partial charge in [-0.1, -0.05) is 0 Å². The van der Waals surface area contributed by atoms with Crippen LogP contribution >= 0.6 is 0 Å². The minimum atomic E-state index is -1.63. The van der Waals surface area contributed by atoms with Crippen LogP contribution in [0.4, 0.5) is 24.7 Å². The van der Waals surface area contributed by atoms with Gasteiger partial charge in [0, 0.05) is 12.7 Å². The van der Waals surface area contributed by atoms with Crippen LogP contribution in [0.5, 0.6) is 0 Å². The molecule has 2 rings (SSSR count). The Morgan fingerprint density at radius 2 is 1.88 bits per heavy atom. The number of carbonyl (C=O) groups is 1. The monoisotopic (exact) mass is 352 g/mol. The van der Waals surface area contributed by atoms with Crippen molar-refractivity contribution in [3.05, 3.63) is 53.5 Å². The third kappa shape index (κ3) is 5.18. The number of benzene rings is 1. The Kier molecular flexibility index (Phi) is 6.35. The summed E-state index contributed by atoms with van der Waals surface area (Å²) in [5.74, 6) is -4.46. The van der Waals surface area contributed by atoms with E-state index in [-0.39, 0.29) is 5.56 Å². The summed E-state index contributed by atoms with van der Waals surface area (Å²) >= 11 is 0. The van der Waals surface area contributed by atoms with E-state index in [9.17, 15) is 18.0 Å². The second-order valence-corrected chi connectivity index (χ2v) is 5.69. The molecule has 0 aliphatic carbocycles. The van der Waals surface area contributed by atoms with E-state index in [2.05, 4.69) is 20.5 Å². The molecule has 5 nitrogen and oxygen atoms in total. The van der Waals surface area contributed by atoms with E-state index in [1.807, 2.05) is 14.1 Å². The first-order chi connectivity index (χ1) is 11.9. The van der Waals surface area contributed by atoms with E-state index < -0.39 is 29.0 Å². The molecule has 1 aromatic carbocycles. The van der Waals surface area contributed by atoms with Crippen molar-refractivity contribution >= 4 is 17.4 Å². The van der Waals surface area contributed by atoms with Crippen LogP contribution in [0.25, 0.3) is 0 Å². The number of hydrogen-bond acceptors (Lipinski definition) is 4. The molecule has 0 aliphatic rings. The number of hydrogen-bond donors (Lipinski definition) is 2. The molecule has 0 saturated carbocycles. The van der Waals surface area contributed by atoms with Gasteiger partial charge < -0.3 is 15.5 Å². The first kappa shape index (κ1) is 18.7. The van der Waals surface area contributed by atoms with Crippen LogP contribution in [0.3, 0.4) is 0 Å². The number of pyridine rings is 1. The van der Waals surface area contributed by atoms with Crippen LogP contribution in [0.15, 0.2) is 30.5 Å². The van der Waals surface area contributed by atoms with Crippen molar-refractivity contribution < 1.29 is 18.0 Å². The van der Waals surface area contributed by atoms with Crippen LogP contribution in [-0.2, 0) is 0 Å². The van der Waals surface area contributed by atoms with Gasteiger partial charge in [0.15, 0.2) is 17.5 Å². The molecule has 1 aromatic heterocycles. The second kappa shape index (κ2) is 8.48. The molecule has 1 amide bonds. The molecule has 0 aliphatic heterocycles. The van der Waals surface area contributed by atoms with Crippen LogP contribution < -0.4 is 10.6 Å². The summed E-state index contributed by atoms with van der Waals surface area (Å²) in [6.45, 7) is 1.67. The molecule has 0 bridgehead atoms. The normalized spacial score (nSPS) is 10.8. The topological polar surface area (TPSA) is 57.3 Å². The Morgan fingerprint density at radius 3 is 2.52 bits per heavy atom.